The molecule has 0 aliphatic rings. The first-order valence-electron chi connectivity index (χ1n) is 5.50. The van der Waals surface area contributed by atoms with Gasteiger partial charge in [-0.3, -0.25) is 0 Å². The second-order valence-electron chi connectivity index (χ2n) is 4.43. The van der Waals surface area contributed by atoms with Crippen molar-refractivity contribution in [2.45, 2.75) is 19.8 Å². The first-order chi connectivity index (χ1) is 8.47. The number of hydrogen-bond acceptors (Lipinski definition) is 3. The molecule has 0 saturated heterocycles. The van der Waals surface area contributed by atoms with Gasteiger partial charge in [-0.05, 0) is 24.8 Å². The number of nitriles is 1. The molecule has 0 aliphatic heterocycles. The predicted octanol–water partition coefficient (Wildman–Crippen LogP) is 4.78. The maximum Gasteiger partial charge on any atom is 0.105 e. The highest BCUT2D eigenvalue weighted by Crippen LogP contribution is 2.36. The lowest BCUT2D eigenvalue weighted by molar-refractivity contribution is 0.441. The Morgan fingerprint density at radius 3 is 2.56 bits per heavy atom. The zero-order chi connectivity index (χ0) is 13.6. The molecule has 0 aliphatic carbocycles. The van der Waals surface area contributed by atoms with Crippen molar-refractivity contribution in [3.63, 3.8) is 0 Å². The summed E-state index contributed by atoms with van der Waals surface area (Å²) in [6.45, 7) is 3.89. The second-order valence-corrected chi connectivity index (χ2v) is 7.07. The van der Waals surface area contributed by atoms with Crippen molar-refractivity contribution in [1.82, 2.24) is 0 Å². The Morgan fingerprint density at radius 2 is 2.06 bits per heavy atom. The number of rotatable bonds is 4. The van der Waals surface area contributed by atoms with Crippen molar-refractivity contribution in [1.29, 1.82) is 5.26 Å². The second kappa shape index (κ2) is 6.98. The third kappa shape index (κ3) is 4.49. The summed E-state index contributed by atoms with van der Waals surface area (Å²) < 4.78 is 0.577. The minimum absolute atomic E-state index is 0.0406. The molecular formula is C14H15NS3. The van der Waals surface area contributed by atoms with Crippen molar-refractivity contribution in [3.8, 4) is 6.07 Å². The molecule has 0 fully saturated rings. The lowest BCUT2D eigenvalue weighted by Gasteiger charge is -2.25. The highest BCUT2D eigenvalue weighted by Gasteiger charge is 2.28. The van der Waals surface area contributed by atoms with Gasteiger partial charge in [-0.1, -0.05) is 60.4 Å². The molecule has 94 valence electrons. The smallest absolute Gasteiger partial charge is 0.105 e. The molecule has 0 N–H and O–H groups in total. The summed E-state index contributed by atoms with van der Waals surface area (Å²) in [5, 5.41) is 11.2. The van der Waals surface area contributed by atoms with Crippen LogP contribution in [0.5, 0.6) is 0 Å². The molecule has 0 radical (unpaired) electrons. The Bertz CT molecular complexity index is 472. The van der Waals surface area contributed by atoms with E-state index in [2.05, 4.69) is 18.7 Å². The van der Waals surface area contributed by atoms with E-state index in [9.17, 15) is 5.26 Å². The van der Waals surface area contributed by atoms with Gasteiger partial charge in [0.25, 0.3) is 0 Å². The van der Waals surface area contributed by atoms with Gasteiger partial charge >= 0.3 is 0 Å². The van der Waals surface area contributed by atoms with Crippen LogP contribution < -0.4 is 0 Å². The van der Waals surface area contributed by atoms with E-state index >= 15 is 0 Å². The molecule has 0 bridgehead atoms. The SMILES string of the molecule is CC(C)(C#N)C(C=CSC(=S)S)c1ccccc1. The fraction of sp³-hybridized carbons (Fsp3) is 0.286. The summed E-state index contributed by atoms with van der Waals surface area (Å²) in [6, 6.07) is 12.4. The van der Waals surface area contributed by atoms with Crippen LogP contribution in [-0.4, -0.2) is 3.53 Å². The van der Waals surface area contributed by atoms with Crippen LogP contribution in [0.2, 0.25) is 0 Å². The lowest BCUT2D eigenvalue weighted by Crippen LogP contribution is -2.18. The quantitative estimate of drug-likeness (QED) is 0.638. The number of nitrogens with zero attached hydrogens (tertiary/aromatic N) is 1. The Kier molecular flexibility index (Phi) is 5.94. The van der Waals surface area contributed by atoms with Gasteiger partial charge in [0.1, 0.15) is 3.53 Å². The van der Waals surface area contributed by atoms with E-state index in [-0.39, 0.29) is 5.92 Å². The van der Waals surface area contributed by atoms with Crippen LogP contribution >= 0.6 is 36.6 Å². The number of thiol groups is 1. The molecule has 1 unspecified atom stereocenters. The van der Waals surface area contributed by atoms with Crippen LogP contribution in [0.4, 0.5) is 0 Å². The fourth-order valence-corrected chi connectivity index (χ4v) is 2.38. The maximum atomic E-state index is 9.30. The molecule has 1 aromatic rings. The molecule has 0 aromatic heterocycles. The van der Waals surface area contributed by atoms with Crippen molar-refractivity contribution < 1.29 is 0 Å². The summed E-state index contributed by atoms with van der Waals surface area (Å²) in [6.07, 6.45) is 2.02. The van der Waals surface area contributed by atoms with Crippen LogP contribution in [0, 0.1) is 16.7 Å². The van der Waals surface area contributed by atoms with E-state index in [4.69, 9.17) is 12.2 Å². The van der Waals surface area contributed by atoms with E-state index in [1.807, 2.05) is 55.7 Å². The number of thioether (sulfide) groups is 1. The van der Waals surface area contributed by atoms with Crippen LogP contribution in [-0.2, 0) is 0 Å². The predicted molar refractivity (Wildman–Crippen MR) is 86.9 cm³/mol. The molecule has 1 rings (SSSR count). The molecule has 1 atom stereocenters. The third-order valence-electron chi connectivity index (χ3n) is 2.66. The Morgan fingerprint density at radius 1 is 1.44 bits per heavy atom. The third-order valence-corrected chi connectivity index (χ3v) is 3.76. The van der Waals surface area contributed by atoms with Crippen molar-refractivity contribution in [2.24, 2.45) is 5.41 Å². The minimum Gasteiger partial charge on any atom is -0.198 e. The Balaban J connectivity index is 3.01. The molecule has 1 aromatic carbocycles. The maximum absolute atomic E-state index is 9.30. The summed E-state index contributed by atoms with van der Waals surface area (Å²) >= 11 is 10.3. The zero-order valence-corrected chi connectivity index (χ0v) is 12.9. The lowest BCUT2D eigenvalue weighted by atomic mass is 9.76. The Labute approximate surface area is 124 Å². The fourth-order valence-electron chi connectivity index (χ4n) is 1.67. The largest absolute Gasteiger partial charge is 0.198 e. The van der Waals surface area contributed by atoms with Crippen LogP contribution in [0.25, 0.3) is 0 Å². The van der Waals surface area contributed by atoms with Gasteiger partial charge in [0.05, 0.1) is 11.5 Å². The summed E-state index contributed by atoms with van der Waals surface area (Å²) in [4.78, 5) is 0. The molecule has 0 heterocycles. The highest BCUT2D eigenvalue weighted by molar-refractivity contribution is 8.42. The van der Waals surface area contributed by atoms with Crippen LogP contribution in [0.3, 0.4) is 0 Å². The van der Waals surface area contributed by atoms with Gasteiger partial charge in [0, 0.05) is 5.92 Å². The average Bonchev–Trinajstić information content (AvgIpc) is 2.35. The molecule has 0 amide bonds. The molecular weight excluding hydrogens is 278 g/mol. The number of benzene rings is 1. The van der Waals surface area contributed by atoms with E-state index in [0.29, 0.717) is 3.53 Å². The van der Waals surface area contributed by atoms with Crippen LogP contribution in [0.1, 0.15) is 25.3 Å². The first kappa shape index (κ1) is 15.3. The number of thiocarbonyl (C=S) groups is 1. The van der Waals surface area contributed by atoms with Gasteiger partial charge in [0.15, 0.2) is 0 Å². The normalized spacial score (nSPS) is 13.2. The average molecular weight is 293 g/mol. The summed E-state index contributed by atoms with van der Waals surface area (Å²) in [5.41, 5.74) is 0.669. The van der Waals surface area contributed by atoms with Gasteiger partial charge in [-0.15, -0.1) is 12.6 Å². The Hall–Kier alpha value is -0.760. The van der Waals surface area contributed by atoms with E-state index in [1.54, 1.807) is 0 Å². The van der Waals surface area contributed by atoms with E-state index in [1.165, 1.54) is 11.8 Å². The minimum atomic E-state index is -0.462. The van der Waals surface area contributed by atoms with Gasteiger partial charge in [0.2, 0.25) is 0 Å². The summed E-state index contributed by atoms with van der Waals surface area (Å²) in [7, 11) is 0. The molecule has 1 nitrogen and oxygen atoms in total. The van der Waals surface area contributed by atoms with Crippen molar-refractivity contribution in [2.75, 3.05) is 0 Å². The summed E-state index contributed by atoms with van der Waals surface area (Å²) in [5.74, 6) is 0.0406. The van der Waals surface area contributed by atoms with Crippen LogP contribution in [0.15, 0.2) is 41.8 Å². The number of allylic oxidation sites excluding steroid dienone is 1. The van der Waals surface area contributed by atoms with Gasteiger partial charge in [-0.25, -0.2) is 0 Å². The first-order valence-corrected chi connectivity index (χ1v) is 7.23. The van der Waals surface area contributed by atoms with Crippen molar-refractivity contribution >= 4 is 40.1 Å². The molecule has 0 spiro atoms. The van der Waals surface area contributed by atoms with Gasteiger partial charge in [-0.2, -0.15) is 5.26 Å². The zero-order valence-electron chi connectivity index (χ0n) is 10.3. The molecule has 0 saturated carbocycles. The standard InChI is InChI=1S/C14H15NS3/c1-14(2,10-15)12(8-9-18-13(16)17)11-6-4-3-5-7-11/h3-9,12H,1-2H3,(H,16,17). The monoisotopic (exact) mass is 293 g/mol. The van der Waals surface area contributed by atoms with Gasteiger partial charge < -0.3 is 0 Å². The topological polar surface area (TPSA) is 23.8 Å². The van der Waals surface area contributed by atoms with E-state index < -0.39 is 5.41 Å². The van der Waals surface area contributed by atoms with E-state index in [0.717, 1.165) is 5.56 Å². The molecule has 4 heteroatoms. The number of hydrogen-bond donors (Lipinski definition) is 1. The van der Waals surface area contributed by atoms with Crippen molar-refractivity contribution in [3.05, 3.63) is 47.4 Å². The molecule has 18 heavy (non-hydrogen) atoms. The highest BCUT2D eigenvalue weighted by atomic mass is 32.2.